The van der Waals surface area contributed by atoms with Gasteiger partial charge in [-0.25, -0.2) is 0 Å². The van der Waals surface area contributed by atoms with Crippen molar-refractivity contribution in [3.05, 3.63) is 50.1 Å². The zero-order valence-corrected chi connectivity index (χ0v) is 11.7. The van der Waals surface area contributed by atoms with E-state index >= 15 is 0 Å². The van der Waals surface area contributed by atoms with Crippen molar-refractivity contribution in [2.24, 2.45) is 0 Å². The van der Waals surface area contributed by atoms with Gasteiger partial charge in [-0.05, 0) is 44.2 Å². The SMILES string of the molecule is Cc1cc(COc2ccc(Br)cc2)c(C)s1. The van der Waals surface area contributed by atoms with Crippen LogP contribution < -0.4 is 4.74 Å². The van der Waals surface area contributed by atoms with E-state index in [1.165, 1.54) is 15.3 Å². The van der Waals surface area contributed by atoms with Crippen LogP contribution in [0.25, 0.3) is 0 Å². The lowest BCUT2D eigenvalue weighted by molar-refractivity contribution is 0.306. The summed E-state index contributed by atoms with van der Waals surface area (Å²) in [6.45, 7) is 4.91. The molecular formula is C13H13BrOS. The number of halogens is 1. The standard InChI is InChI=1S/C13H13BrOS/c1-9-7-11(10(2)16-9)8-15-13-5-3-12(14)4-6-13/h3-7H,8H2,1-2H3. The van der Waals surface area contributed by atoms with Crippen LogP contribution in [0.2, 0.25) is 0 Å². The molecule has 0 unspecified atom stereocenters. The number of hydrogen-bond acceptors (Lipinski definition) is 2. The molecule has 0 spiro atoms. The highest BCUT2D eigenvalue weighted by Crippen LogP contribution is 2.23. The van der Waals surface area contributed by atoms with E-state index in [4.69, 9.17) is 4.74 Å². The topological polar surface area (TPSA) is 9.23 Å². The zero-order valence-electron chi connectivity index (χ0n) is 9.29. The van der Waals surface area contributed by atoms with Crippen LogP contribution in [0.3, 0.4) is 0 Å². The molecule has 16 heavy (non-hydrogen) atoms. The van der Waals surface area contributed by atoms with Crippen molar-refractivity contribution in [3.63, 3.8) is 0 Å². The Bertz CT molecular complexity index is 473. The van der Waals surface area contributed by atoms with Crippen LogP contribution in [-0.4, -0.2) is 0 Å². The summed E-state index contributed by atoms with van der Waals surface area (Å²) in [5.74, 6) is 0.909. The Morgan fingerprint density at radius 3 is 2.44 bits per heavy atom. The van der Waals surface area contributed by atoms with Gasteiger partial charge in [0.2, 0.25) is 0 Å². The molecule has 1 aromatic carbocycles. The fourth-order valence-corrected chi connectivity index (χ4v) is 2.72. The van der Waals surface area contributed by atoms with E-state index in [0.717, 1.165) is 10.2 Å². The molecule has 0 bridgehead atoms. The van der Waals surface area contributed by atoms with Gasteiger partial charge in [-0.3, -0.25) is 0 Å². The number of thiophene rings is 1. The smallest absolute Gasteiger partial charge is 0.119 e. The van der Waals surface area contributed by atoms with E-state index in [2.05, 4.69) is 35.8 Å². The molecule has 0 aliphatic carbocycles. The quantitative estimate of drug-likeness (QED) is 0.797. The summed E-state index contributed by atoms with van der Waals surface area (Å²) >= 11 is 5.22. The van der Waals surface area contributed by atoms with Crippen LogP contribution >= 0.6 is 27.3 Å². The van der Waals surface area contributed by atoms with Crippen LogP contribution in [0.4, 0.5) is 0 Å². The van der Waals surface area contributed by atoms with E-state index in [-0.39, 0.29) is 0 Å². The number of aryl methyl sites for hydroxylation is 2. The monoisotopic (exact) mass is 296 g/mol. The van der Waals surface area contributed by atoms with Gasteiger partial charge in [-0.15, -0.1) is 11.3 Å². The summed E-state index contributed by atoms with van der Waals surface area (Å²) in [7, 11) is 0. The number of hydrogen-bond donors (Lipinski definition) is 0. The van der Waals surface area contributed by atoms with Crippen molar-refractivity contribution in [3.8, 4) is 5.75 Å². The first-order chi connectivity index (χ1) is 7.65. The summed E-state index contributed by atoms with van der Waals surface area (Å²) in [5, 5.41) is 0. The molecule has 0 radical (unpaired) electrons. The number of rotatable bonds is 3. The maximum absolute atomic E-state index is 5.73. The van der Waals surface area contributed by atoms with Gasteiger partial charge >= 0.3 is 0 Å². The van der Waals surface area contributed by atoms with Crippen molar-refractivity contribution >= 4 is 27.3 Å². The lowest BCUT2D eigenvalue weighted by Crippen LogP contribution is -1.94. The maximum Gasteiger partial charge on any atom is 0.119 e. The molecule has 1 aromatic heterocycles. The van der Waals surface area contributed by atoms with E-state index in [0.29, 0.717) is 6.61 Å². The van der Waals surface area contributed by atoms with E-state index < -0.39 is 0 Å². The Morgan fingerprint density at radius 2 is 1.88 bits per heavy atom. The number of ether oxygens (including phenoxy) is 1. The third-order valence-electron chi connectivity index (χ3n) is 2.35. The van der Waals surface area contributed by atoms with E-state index in [9.17, 15) is 0 Å². The van der Waals surface area contributed by atoms with Gasteiger partial charge in [0.25, 0.3) is 0 Å². The molecule has 2 aromatic rings. The molecule has 0 amide bonds. The van der Waals surface area contributed by atoms with Gasteiger partial charge in [-0.2, -0.15) is 0 Å². The molecule has 0 aliphatic heterocycles. The Morgan fingerprint density at radius 1 is 1.19 bits per heavy atom. The van der Waals surface area contributed by atoms with Gasteiger partial charge in [0, 0.05) is 19.8 Å². The highest BCUT2D eigenvalue weighted by atomic mass is 79.9. The van der Waals surface area contributed by atoms with Crippen molar-refractivity contribution in [1.82, 2.24) is 0 Å². The summed E-state index contributed by atoms with van der Waals surface area (Å²) in [6.07, 6.45) is 0. The molecule has 1 heterocycles. The first kappa shape index (κ1) is 11.7. The van der Waals surface area contributed by atoms with Crippen LogP contribution in [0.5, 0.6) is 5.75 Å². The Hall–Kier alpha value is -0.800. The summed E-state index contributed by atoms with van der Waals surface area (Å²) in [6, 6.07) is 10.1. The van der Waals surface area contributed by atoms with Crippen molar-refractivity contribution in [2.75, 3.05) is 0 Å². The fourth-order valence-electron chi connectivity index (χ4n) is 1.52. The second-order valence-corrected chi connectivity index (χ2v) is 6.06. The molecule has 1 nitrogen and oxygen atoms in total. The molecule has 0 saturated heterocycles. The fraction of sp³-hybridized carbons (Fsp3) is 0.231. The highest BCUT2D eigenvalue weighted by molar-refractivity contribution is 9.10. The highest BCUT2D eigenvalue weighted by Gasteiger charge is 2.03. The normalized spacial score (nSPS) is 10.4. The molecule has 3 heteroatoms. The lowest BCUT2D eigenvalue weighted by Gasteiger charge is -2.05. The maximum atomic E-state index is 5.73. The van der Waals surface area contributed by atoms with Crippen molar-refractivity contribution < 1.29 is 4.74 Å². The van der Waals surface area contributed by atoms with Crippen molar-refractivity contribution in [2.45, 2.75) is 20.5 Å². The minimum atomic E-state index is 0.651. The van der Waals surface area contributed by atoms with Crippen LogP contribution in [0.15, 0.2) is 34.8 Å². The third-order valence-corrected chi connectivity index (χ3v) is 3.89. The van der Waals surface area contributed by atoms with Crippen LogP contribution in [0.1, 0.15) is 15.3 Å². The van der Waals surface area contributed by atoms with Gasteiger partial charge in [-0.1, -0.05) is 15.9 Å². The second kappa shape index (κ2) is 5.02. The first-order valence-electron chi connectivity index (χ1n) is 5.09. The Labute approximate surface area is 108 Å². The predicted molar refractivity (Wildman–Crippen MR) is 72.3 cm³/mol. The summed E-state index contributed by atoms with van der Waals surface area (Å²) in [5.41, 5.74) is 1.28. The Balaban J connectivity index is 2.02. The Kier molecular flexibility index (Phi) is 3.66. The minimum Gasteiger partial charge on any atom is -0.489 e. The van der Waals surface area contributed by atoms with Crippen molar-refractivity contribution in [1.29, 1.82) is 0 Å². The first-order valence-corrected chi connectivity index (χ1v) is 6.70. The zero-order chi connectivity index (χ0) is 11.5. The lowest BCUT2D eigenvalue weighted by atomic mass is 10.2. The van der Waals surface area contributed by atoms with Gasteiger partial charge in [0.15, 0.2) is 0 Å². The third kappa shape index (κ3) is 2.86. The summed E-state index contributed by atoms with van der Waals surface area (Å²) < 4.78 is 6.80. The largest absolute Gasteiger partial charge is 0.489 e. The van der Waals surface area contributed by atoms with Gasteiger partial charge in [0.05, 0.1) is 0 Å². The molecule has 0 fully saturated rings. The minimum absolute atomic E-state index is 0.651. The molecule has 0 N–H and O–H groups in total. The second-order valence-electron chi connectivity index (χ2n) is 3.68. The molecule has 0 saturated carbocycles. The predicted octanol–water partition coefficient (Wildman–Crippen LogP) is 4.71. The number of benzene rings is 1. The average Bonchev–Trinajstić information content (AvgIpc) is 2.57. The molecule has 0 atom stereocenters. The van der Waals surface area contributed by atoms with Crippen LogP contribution in [0, 0.1) is 13.8 Å². The molecular weight excluding hydrogens is 284 g/mol. The molecule has 84 valence electrons. The van der Waals surface area contributed by atoms with Gasteiger partial charge < -0.3 is 4.74 Å². The molecule has 0 aliphatic rings. The molecule has 2 rings (SSSR count). The van der Waals surface area contributed by atoms with Crippen LogP contribution in [-0.2, 0) is 6.61 Å². The summed E-state index contributed by atoms with van der Waals surface area (Å²) in [4.78, 5) is 2.68. The van der Waals surface area contributed by atoms with E-state index in [1.807, 2.05) is 35.6 Å². The van der Waals surface area contributed by atoms with E-state index in [1.54, 1.807) is 0 Å². The average molecular weight is 297 g/mol. The van der Waals surface area contributed by atoms with Gasteiger partial charge in [0.1, 0.15) is 12.4 Å².